The minimum atomic E-state index is -0.709. The van der Waals surface area contributed by atoms with Crippen LogP contribution < -0.4 is 5.73 Å². The van der Waals surface area contributed by atoms with Gasteiger partial charge in [-0.05, 0) is 25.2 Å². The van der Waals surface area contributed by atoms with Crippen molar-refractivity contribution in [1.82, 2.24) is 0 Å². The lowest BCUT2D eigenvalue weighted by Crippen LogP contribution is -2.48. The first-order valence-electron chi connectivity index (χ1n) is 4.96. The summed E-state index contributed by atoms with van der Waals surface area (Å²) in [6, 6.07) is 0. The Bertz CT molecular complexity index is 193. The van der Waals surface area contributed by atoms with E-state index in [9.17, 15) is 4.79 Å². The summed E-state index contributed by atoms with van der Waals surface area (Å²) in [4.78, 5) is 11.4. The van der Waals surface area contributed by atoms with Crippen molar-refractivity contribution >= 4 is 5.97 Å². The minimum absolute atomic E-state index is 0.249. The van der Waals surface area contributed by atoms with E-state index < -0.39 is 5.54 Å². The highest BCUT2D eigenvalue weighted by atomic mass is 16.5. The number of rotatable bonds is 1. The first-order valence-corrected chi connectivity index (χ1v) is 4.96. The zero-order valence-electron chi connectivity index (χ0n) is 8.51. The molecule has 0 aromatic heterocycles. The van der Waals surface area contributed by atoms with Crippen LogP contribution in [0.3, 0.4) is 0 Å². The van der Waals surface area contributed by atoms with Gasteiger partial charge in [0.25, 0.3) is 0 Å². The van der Waals surface area contributed by atoms with Gasteiger partial charge < -0.3 is 10.5 Å². The van der Waals surface area contributed by atoms with E-state index in [1.54, 1.807) is 0 Å². The van der Waals surface area contributed by atoms with Crippen molar-refractivity contribution in [2.45, 2.75) is 44.6 Å². The molecular formula is C10H19NO2. The molecule has 1 saturated carbocycles. The van der Waals surface area contributed by atoms with Crippen LogP contribution in [-0.2, 0) is 9.53 Å². The molecule has 3 heteroatoms. The Kier molecular flexibility index (Phi) is 3.31. The normalized spacial score (nSPS) is 35.2. The summed E-state index contributed by atoms with van der Waals surface area (Å²) in [5.41, 5.74) is 5.29. The zero-order chi connectivity index (χ0) is 9.90. The molecule has 0 amide bonds. The number of nitrogens with two attached hydrogens (primary N) is 1. The average Bonchev–Trinajstić information content (AvgIpc) is 2.28. The van der Waals surface area contributed by atoms with E-state index in [1.165, 1.54) is 13.5 Å². The molecule has 0 spiro atoms. The van der Waals surface area contributed by atoms with Gasteiger partial charge in [0.2, 0.25) is 0 Å². The molecule has 0 aromatic carbocycles. The summed E-state index contributed by atoms with van der Waals surface area (Å²) in [5.74, 6) is 0.441. The van der Waals surface area contributed by atoms with Gasteiger partial charge in [0.05, 0.1) is 7.11 Å². The van der Waals surface area contributed by atoms with Gasteiger partial charge >= 0.3 is 5.97 Å². The highest BCUT2D eigenvalue weighted by Crippen LogP contribution is 2.29. The number of carbonyl (C=O) groups is 1. The van der Waals surface area contributed by atoms with Gasteiger partial charge in [-0.15, -0.1) is 0 Å². The predicted molar refractivity (Wildman–Crippen MR) is 51.2 cm³/mol. The number of hydrogen-bond donors (Lipinski definition) is 1. The van der Waals surface area contributed by atoms with Crippen molar-refractivity contribution in [2.24, 2.45) is 11.7 Å². The van der Waals surface area contributed by atoms with Crippen LogP contribution in [0.15, 0.2) is 0 Å². The molecule has 2 atom stereocenters. The number of hydrogen-bond acceptors (Lipinski definition) is 3. The second-order valence-corrected chi connectivity index (χ2v) is 4.18. The Labute approximate surface area is 79.6 Å². The standard InChI is InChI=1S/C10H19NO2/c1-8-4-3-6-10(11,7-5-8)9(12)13-2/h8H,3-7,11H2,1-2H3. The molecule has 1 aliphatic carbocycles. The smallest absolute Gasteiger partial charge is 0.325 e. The summed E-state index contributed by atoms with van der Waals surface area (Å²) < 4.78 is 4.72. The molecule has 3 nitrogen and oxygen atoms in total. The van der Waals surface area contributed by atoms with E-state index in [2.05, 4.69) is 6.92 Å². The second kappa shape index (κ2) is 4.09. The number of methoxy groups -OCH3 is 1. The van der Waals surface area contributed by atoms with Crippen molar-refractivity contribution in [3.05, 3.63) is 0 Å². The lowest BCUT2D eigenvalue weighted by molar-refractivity contribution is -0.147. The lowest BCUT2D eigenvalue weighted by atomic mass is 9.91. The van der Waals surface area contributed by atoms with Gasteiger partial charge in [-0.2, -0.15) is 0 Å². The summed E-state index contributed by atoms with van der Waals surface area (Å²) in [7, 11) is 1.41. The quantitative estimate of drug-likeness (QED) is 0.497. The molecule has 13 heavy (non-hydrogen) atoms. The summed E-state index contributed by atoms with van der Waals surface area (Å²) in [6.45, 7) is 2.21. The largest absolute Gasteiger partial charge is 0.468 e. The third-order valence-electron chi connectivity index (χ3n) is 2.99. The molecule has 0 aliphatic heterocycles. The van der Waals surface area contributed by atoms with Crippen LogP contribution >= 0.6 is 0 Å². The van der Waals surface area contributed by atoms with Gasteiger partial charge in [0.15, 0.2) is 0 Å². The number of esters is 1. The fraction of sp³-hybridized carbons (Fsp3) is 0.900. The highest BCUT2D eigenvalue weighted by Gasteiger charge is 2.36. The lowest BCUT2D eigenvalue weighted by Gasteiger charge is -2.24. The van der Waals surface area contributed by atoms with Crippen LogP contribution in [0.4, 0.5) is 0 Å². The van der Waals surface area contributed by atoms with Crippen molar-refractivity contribution in [2.75, 3.05) is 7.11 Å². The molecule has 0 bridgehead atoms. The van der Waals surface area contributed by atoms with Crippen LogP contribution in [0.5, 0.6) is 0 Å². The maximum absolute atomic E-state index is 11.4. The number of carbonyl (C=O) groups excluding carboxylic acids is 1. The van der Waals surface area contributed by atoms with Crippen molar-refractivity contribution in [3.63, 3.8) is 0 Å². The maximum Gasteiger partial charge on any atom is 0.325 e. The molecule has 2 unspecified atom stereocenters. The Morgan fingerprint density at radius 2 is 2.15 bits per heavy atom. The van der Waals surface area contributed by atoms with Crippen LogP contribution in [0.1, 0.15) is 39.0 Å². The van der Waals surface area contributed by atoms with E-state index in [-0.39, 0.29) is 5.97 Å². The van der Waals surface area contributed by atoms with Crippen LogP contribution in [0.2, 0.25) is 0 Å². The van der Waals surface area contributed by atoms with Crippen molar-refractivity contribution < 1.29 is 9.53 Å². The first kappa shape index (κ1) is 10.5. The third kappa shape index (κ3) is 2.44. The molecule has 76 valence electrons. The summed E-state index contributed by atoms with van der Waals surface area (Å²) in [5, 5.41) is 0. The van der Waals surface area contributed by atoms with Gasteiger partial charge in [0.1, 0.15) is 5.54 Å². The van der Waals surface area contributed by atoms with Crippen LogP contribution in [0, 0.1) is 5.92 Å². The Morgan fingerprint density at radius 1 is 1.46 bits per heavy atom. The van der Waals surface area contributed by atoms with Gasteiger partial charge in [-0.3, -0.25) is 4.79 Å². The average molecular weight is 185 g/mol. The topological polar surface area (TPSA) is 52.3 Å². The Balaban J connectivity index is 2.62. The van der Waals surface area contributed by atoms with Crippen molar-refractivity contribution in [3.8, 4) is 0 Å². The molecule has 1 rings (SSSR count). The SMILES string of the molecule is COC(=O)C1(N)CCCC(C)CC1. The fourth-order valence-electron chi connectivity index (χ4n) is 1.95. The van der Waals surface area contributed by atoms with E-state index >= 15 is 0 Å². The van der Waals surface area contributed by atoms with Crippen LogP contribution in [0.25, 0.3) is 0 Å². The van der Waals surface area contributed by atoms with Crippen molar-refractivity contribution in [1.29, 1.82) is 0 Å². The van der Waals surface area contributed by atoms with E-state index in [1.807, 2.05) is 0 Å². The predicted octanol–water partition coefficient (Wildman–Crippen LogP) is 1.46. The van der Waals surface area contributed by atoms with Gasteiger partial charge in [-0.25, -0.2) is 0 Å². The fourth-order valence-corrected chi connectivity index (χ4v) is 1.95. The molecule has 0 aromatic rings. The first-order chi connectivity index (χ1) is 6.08. The molecule has 1 aliphatic rings. The highest BCUT2D eigenvalue weighted by molar-refractivity contribution is 5.80. The monoisotopic (exact) mass is 185 g/mol. The summed E-state index contributed by atoms with van der Waals surface area (Å²) >= 11 is 0. The molecule has 2 N–H and O–H groups in total. The second-order valence-electron chi connectivity index (χ2n) is 4.18. The van der Waals surface area contributed by atoms with E-state index in [0.717, 1.165) is 25.7 Å². The Morgan fingerprint density at radius 3 is 2.77 bits per heavy atom. The number of ether oxygens (including phenoxy) is 1. The molecule has 0 heterocycles. The molecular weight excluding hydrogens is 166 g/mol. The van der Waals surface area contributed by atoms with E-state index in [4.69, 9.17) is 10.5 Å². The van der Waals surface area contributed by atoms with Crippen LogP contribution in [-0.4, -0.2) is 18.6 Å². The van der Waals surface area contributed by atoms with E-state index in [0.29, 0.717) is 5.92 Å². The third-order valence-corrected chi connectivity index (χ3v) is 2.99. The maximum atomic E-state index is 11.4. The molecule has 0 radical (unpaired) electrons. The van der Waals surface area contributed by atoms with Gasteiger partial charge in [0, 0.05) is 0 Å². The molecule has 1 fully saturated rings. The molecule has 0 saturated heterocycles. The zero-order valence-corrected chi connectivity index (χ0v) is 8.51. The minimum Gasteiger partial charge on any atom is -0.468 e. The summed E-state index contributed by atoms with van der Waals surface area (Å²) in [6.07, 6.45) is 4.78. The Hall–Kier alpha value is -0.570. The van der Waals surface area contributed by atoms with Gasteiger partial charge in [-0.1, -0.05) is 19.8 Å².